The largest absolute Gasteiger partial charge is 0.318 e. The van der Waals surface area contributed by atoms with Gasteiger partial charge in [-0.1, -0.05) is 17.7 Å². The molecule has 0 aliphatic heterocycles. The number of hydrogen-bond donors (Lipinski definition) is 2. The summed E-state index contributed by atoms with van der Waals surface area (Å²) in [7, 11) is -1.85. The van der Waals surface area contributed by atoms with E-state index in [-0.39, 0.29) is 4.90 Å². The lowest BCUT2D eigenvalue weighted by Crippen LogP contribution is -2.15. The van der Waals surface area contributed by atoms with Crippen LogP contribution in [0.4, 0.5) is 5.69 Å². The second kappa shape index (κ2) is 6.46. The van der Waals surface area contributed by atoms with Gasteiger partial charge in [0.05, 0.1) is 18.4 Å². The molecule has 0 aliphatic carbocycles. The number of rotatable bonds is 6. The summed E-state index contributed by atoms with van der Waals surface area (Å²) in [5, 5.41) is 7.52. The molecule has 0 aliphatic rings. The zero-order valence-corrected chi connectivity index (χ0v) is 13.4. The zero-order chi connectivity index (χ0) is 15.5. The number of aromatic nitrogens is 2. The summed E-state index contributed by atoms with van der Waals surface area (Å²) in [6.07, 6.45) is 2.83. The Hall–Kier alpha value is -1.57. The molecule has 0 atom stereocenters. The molecule has 0 bridgehead atoms. The average Bonchev–Trinajstić information content (AvgIpc) is 2.91. The SMILES string of the molecule is CNCCn1cc(S(=O)(=O)Nc2cccc(Cl)c2C)cn1. The van der Waals surface area contributed by atoms with Crippen LogP contribution in [0.25, 0.3) is 0 Å². The fourth-order valence-electron chi connectivity index (χ4n) is 1.75. The Bertz CT molecular complexity index is 728. The van der Waals surface area contributed by atoms with Crippen molar-refractivity contribution >= 4 is 27.3 Å². The van der Waals surface area contributed by atoms with Crippen molar-refractivity contribution in [1.82, 2.24) is 15.1 Å². The van der Waals surface area contributed by atoms with Gasteiger partial charge in [-0.15, -0.1) is 0 Å². The highest BCUT2D eigenvalue weighted by Crippen LogP contribution is 2.25. The van der Waals surface area contributed by atoms with Crippen LogP contribution in [0.5, 0.6) is 0 Å². The topological polar surface area (TPSA) is 76.0 Å². The summed E-state index contributed by atoms with van der Waals surface area (Å²) in [5.41, 5.74) is 1.15. The van der Waals surface area contributed by atoms with Crippen LogP contribution >= 0.6 is 11.6 Å². The van der Waals surface area contributed by atoms with Gasteiger partial charge in [-0.25, -0.2) is 8.42 Å². The lowest BCUT2D eigenvalue weighted by atomic mass is 10.2. The molecule has 2 N–H and O–H groups in total. The first-order valence-electron chi connectivity index (χ1n) is 6.39. The smallest absolute Gasteiger partial charge is 0.265 e. The summed E-state index contributed by atoms with van der Waals surface area (Å²) in [4.78, 5) is 0.123. The quantitative estimate of drug-likeness (QED) is 0.848. The molecule has 2 aromatic rings. The minimum atomic E-state index is -3.67. The summed E-state index contributed by atoms with van der Waals surface area (Å²) in [5.74, 6) is 0. The van der Waals surface area contributed by atoms with Crippen molar-refractivity contribution in [2.24, 2.45) is 0 Å². The lowest BCUT2D eigenvalue weighted by Gasteiger charge is -2.10. The van der Waals surface area contributed by atoms with E-state index in [0.717, 1.165) is 0 Å². The van der Waals surface area contributed by atoms with Gasteiger partial charge in [-0.05, 0) is 31.7 Å². The van der Waals surface area contributed by atoms with Crippen molar-refractivity contribution in [3.8, 4) is 0 Å². The van der Waals surface area contributed by atoms with Gasteiger partial charge in [0.25, 0.3) is 10.0 Å². The van der Waals surface area contributed by atoms with Crippen molar-refractivity contribution in [2.75, 3.05) is 18.3 Å². The number of halogens is 1. The Balaban J connectivity index is 2.22. The number of nitrogens with one attached hydrogen (secondary N) is 2. The van der Waals surface area contributed by atoms with Crippen molar-refractivity contribution in [3.63, 3.8) is 0 Å². The summed E-state index contributed by atoms with van der Waals surface area (Å²) < 4.78 is 28.8. The molecule has 114 valence electrons. The van der Waals surface area contributed by atoms with E-state index in [9.17, 15) is 8.42 Å². The monoisotopic (exact) mass is 328 g/mol. The molecule has 1 aromatic carbocycles. The van der Waals surface area contributed by atoms with Crippen LogP contribution in [0.1, 0.15) is 5.56 Å². The highest BCUT2D eigenvalue weighted by molar-refractivity contribution is 7.92. The van der Waals surface area contributed by atoms with Crippen LogP contribution in [-0.2, 0) is 16.6 Å². The summed E-state index contributed by atoms with van der Waals surface area (Å²) >= 11 is 5.99. The second-order valence-electron chi connectivity index (χ2n) is 4.56. The molecule has 1 heterocycles. The maximum Gasteiger partial charge on any atom is 0.265 e. The van der Waals surface area contributed by atoms with Gasteiger partial charge < -0.3 is 5.32 Å². The number of likely N-dealkylation sites (N-methyl/N-ethyl adjacent to an activating group) is 1. The Kier molecular flexibility index (Phi) is 4.87. The molecule has 0 radical (unpaired) electrons. The van der Waals surface area contributed by atoms with Crippen LogP contribution in [0, 0.1) is 6.92 Å². The number of benzene rings is 1. The minimum absolute atomic E-state index is 0.123. The van der Waals surface area contributed by atoms with Gasteiger partial charge in [-0.2, -0.15) is 5.10 Å². The molecule has 1 aromatic heterocycles. The van der Waals surface area contributed by atoms with E-state index in [2.05, 4.69) is 15.1 Å². The second-order valence-corrected chi connectivity index (χ2v) is 6.65. The maximum absolute atomic E-state index is 12.3. The normalized spacial score (nSPS) is 11.6. The van der Waals surface area contributed by atoms with Gasteiger partial charge in [0, 0.05) is 17.8 Å². The molecule has 0 spiro atoms. The van der Waals surface area contributed by atoms with E-state index in [4.69, 9.17) is 11.6 Å². The van der Waals surface area contributed by atoms with Crippen LogP contribution in [-0.4, -0.2) is 31.8 Å². The van der Waals surface area contributed by atoms with Gasteiger partial charge in [0.15, 0.2) is 0 Å². The minimum Gasteiger partial charge on any atom is -0.318 e. The van der Waals surface area contributed by atoms with Crippen molar-refractivity contribution in [1.29, 1.82) is 0 Å². The molecule has 8 heteroatoms. The third-order valence-corrected chi connectivity index (χ3v) is 4.75. The predicted molar refractivity (Wildman–Crippen MR) is 83.2 cm³/mol. The Morgan fingerprint density at radius 3 is 2.86 bits per heavy atom. The molecule has 0 unspecified atom stereocenters. The third-order valence-electron chi connectivity index (χ3n) is 3.02. The van der Waals surface area contributed by atoms with Crippen LogP contribution in [0.3, 0.4) is 0 Å². The Morgan fingerprint density at radius 1 is 1.38 bits per heavy atom. The van der Waals surface area contributed by atoms with Gasteiger partial charge in [0.2, 0.25) is 0 Å². The fraction of sp³-hybridized carbons (Fsp3) is 0.308. The standard InChI is InChI=1S/C13H17ClN4O2S/c1-10-12(14)4-3-5-13(10)17-21(19,20)11-8-16-18(9-11)7-6-15-2/h3-5,8-9,15,17H,6-7H2,1-2H3. The van der Waals surface area contributed by atoms with Gasteiger partial charge in [-0.3, -0.25) is 9.40 Å². The molecule has 6 nitrogen and oxygen atoms in total. The first kappa shape index (κ1) is 15.8. The number of nitrogens with zero attached hydrogens (tertiary/aromatic N) is 2. The van der Waals surface area contributed by atoms with E-state index in [1.165, 1.54) is 12.4 Å². The van der Waals surface area contributed by atoms with Gasteiger partial charge >= 0.3 is 0 Å². The molecule has 0 saturated carbocycles. The van der Waals surface area contributed by atoms with Crippen molar-refractivity contribution in [2.45, 2.75) is 18.4 Å². The van der Waals surface area contributed by atoms with E-state index < -0.39 is 10.0 Å². The predicted octanol–water partition coefficient (Wildman–Crippen LogP) is 1.87. The summed E-state index contributed by atoms with van der Waals surface area (Å²) in [6, 6.07) is 5.08. The van der Waals surface area contributed by atoms with Crippen molar-refractivity contribution < 1.29 is 8.42 Å². The highest BCUT2D eigenvalue weighted by atomic mass is 35.5. The van der Waals surface area contributed by atoms with Crippen LogP contribution < -0.4 is 10.0 Å². The number of hydrogen-bond acceptors (Lipinski definition) is 4. The van der Waals surface area contributed by atoms with E-state index in [1.54, 1.807) is 29.8 Å². The first-order chi connectivity index (χ1) is 9.94. The molecule has 0 saturated heterocycles. The van der Waals surface area contributed by atoms with E-state index >= 15 is 0 Å². The lowest BCUT2D eigenvalue weighted by molar-refractivity contribution is 0.582. The molecule has 21 heavy (non-hydrogen) atoms. The Morgan fingerprint density at radius 2 is 2.14 bits per heavy atom. The molecule has 2 rings (SSSR count). The van der Waals surface area contributed by atoms with Crippen molar-refractivity contribution in [3.05, 3.63) is 41.2 Å². The van der Waals surface area contributed by atoms with Crippen LogP contribution in [0.2, 0.25) is 5.02 Å². The van der Waals surface area contributed by atoms with Gasteiger partial charge in [0.1, 0.15) is 4.90 Å². The molecule has 0 amide bonds. The van der Waals surface area contributed by atoms with E-state index in [1.807, 2.05) is 7.05 Å². The maximum atomic E-state index is 12.3. The molecular weight excluding hydrogens is 312 g/mol. The molecular formula is C13H17ClN4O2S. The zero-order valence-electron chi connectivity index (χ0n) is 11.8. The fourth-order valence-corrected chi connectivity index (χ4v) is 3.00. The third kappa shape index (κ3) is 3.75. The first-order valence-corrected chi connectivity index (χ1v) is 8.25. The average molecular weight is 329 g/mol. The van der Waals surface area contributed by atoms with Crippen LogP contribution in [0.15, 0.2) is 35.5 Å². The highest BCUT2D eigenvalue weighted by Gasteiger charge is 2.18. The number of anilines is 1. The number of sulfonamides is 1. The Labute approximate surface area is 129 Å². The van der Waals surface area contributed by atoms with E-state index in [0.29, 0.717) is 29.4 Å². The summed E-state index contributed by atoms with van der Waals surface area (Å²) in [6.45, 7) is 3.07. The molecule has 0 fully saturated rings.